The summed E-state index contributed by atoms with van der Waals surface area (Å²) in [6.07, 6.45) is -6.11. The zero-order valence-electron chi connectivity index (χ0n) is 10.2. The summed E-state index contributed by atoms with van der Waals surface area (Å²) in [6.45, 7) is -1.99. The SMILES string of the molecule is COC(=O)CCN(CC(F)(F)F)C(=O)CCC(=O)O. The smallest absolute Gasteiger partial charge is 0.406 e. The van der Waals surface area contributed by atoms with Gasteiger partial charge in [0, 0.05) is 13.0 Å². The fourth-order valence-electron chi connectivity index (χ4n) is 1.21. The highest BCUT2D eigenvalue weighted by Crippen LogP contribution is 2.17. The van der Waals surface area contributed by atoms with E-state index in [0.717, 1.165) is 7.11 Å². The number of halogens is 3. The van der Waals surface area contributed by atoms with Crippen LogP contribution < -0.4 is 0 Å². The van der Waals surface area contributed by atoms with Crippen LogP contribution in [0.4, 0.5) is 13.2 Å². The first-order valence-corrected chi connectivity index (χ1v) is 5.29. The van der Waals surface area contributed by atoms with Gasteiger partial charge in [0.2, 0.25) is 5.91 Å². The van der Waals surface area contributed by atoms with Crippen molar-refractivity contribution in [3.63, 3.8) is 0 Å². The number of carbonyl (C=O) groups is 3. The van der Waals surface area contributed by atoms with Crippen molar-refractivity contribution in [3.05, 3.63) is 0 Å². The number of rotatable bonds is 7. The maximum Gasteiger partial charge on any atom is 0.406 e. The molecule has 0 atom stereocenters. The molecule has 0 aromatic rings. The average Bonchev–Trinajstić information content (AvgIpc) is 2.29. The highest BCUT2D eigenvalue weighted by molar-refractivity contribution is 5.81. The second-order valence-electron chi connectivity index (χ2n) is 3.65. The quantitative estimate of drug-likeness (QED) is 0.700. The Labute approximate surface area is 107 Å². The van der Waals surface area contributed by atoms with Crippen molar-refractivity contribution in [3.8, 4) is 0 Å². The number of hydrogen-bond acceptors (Lipinski definition) is 4. The fraction of sp³-hybridized carbons (Fsp3) is 0.700. The molecule has 0 heterocycles. The molecule has 0 aliphatic rings. The molecule has 110 valence electrons. The van der Waals surface area contributed by atoms with Gasteiger partial charge in [0.1, 0.15) is 6.54 Å². The van der Waals surface area contributed by atoms with Crippen LogP contribution in [0, 0.1) is 0 Å². The van der Waals surface area contributed by atoms with Crippen molar-refractivity contribution in [1.82, 2.24) is 4.90 Å². The number of carboxylic acids is 1. The molecular formula is C10H14F3NO5. The average molecular weight is 285 g/mol. The maximum absolute atomic E-state index is 12.2. The predicted octanol–water partition coefficient (Wildman–Crippen LogP) is 0.805. The molecule has 6 nitrogen and oxygen atoms in total. The number of methoxy groups -OCH3 is 1. The minimum atomic E-state index is -4.62. The standard InChI is InChI=1S/C10H14F3NO5/c1-19-9(18)4-5-14(6-10(11,12)13)7(15)2-3-8(16)17/h2-6H2,1H3,(H,16,17). The summed E-state index contributed by atoms with van der Waals surface area (Å²) in [5, 5.41) is 8.37. The van der Waals surface area contributed by atoms with Crippen LogP contribution >= 0.6 is 0 Å². The van der Waals surface area contributed by atoms with E-state index in [9.17, 15) is 27.6 Å². The van der Waals surface area contributed by atoms with Gasteiger partial charge in [-0.05, 0) is 0 Å². The summed E-state index contributed by atoms with van der Waals surface area (Å²) in [6, 6.07) is 0. The van der Waals surface area contributed by atoms with Crippen LogP contribution in [-0.2, 0) is 19.1 Å². The first-order valence-electron chi connectivity index (χ1n) is 5.29. The van der Waals surface area contributed by atoms with Gasteiger partial charge in [-0.3, -0.25) is 14.4 Å². The van der Waals surface area contributed by atoms with E-state index in [4.69, 9.17) is 5.11 Å². The monoisotopic (exact) mass is 285 g/mol. The largest absolute Gasteiger partial charge is 0.481 e. The van der Waals surface area contributed by atoms with Gasteiger partial charge >= 0.3 is 18.1 Å². The number of nitrogens with zero attached hydrogens (tertiary/aromatic N) is 1. The van der Waals surface area contributed by atoms with Gasteiger partial charge in [0.25, 0.3) is 0 Å². The minimum Gasteiger partial charge on any atom is -0.481 e. The molecule has 0 fully saturated rings. The summed E-state index contributed by atoms with van der Waals surface area (Å²) in [5.74, 6) is -3.00. The van der Waals surface area contributed by atoms with E-state index in [-0.39, 0.29) is 6.42 Å². The number of esters is 1. The lowest BCUT2D eigenvalue weighted by Gasteiger charge is -2.23. The Morgan fingerprint density at radius 1 is 1.16 bits per heavy atom. The summed E-state index contributed by atoms with van der Waals surface area (Å²) in [7, 11) is 1.07. The van der Waals surface area contributed by atoms with Gasteiger partial charge in [0.15, 0.2) is 0 Å². The zero-order chi connectivity index (χ0) is 15.1. The van der Waals surface area contributed by atoms with E-state index in [1.807, 2.05) is 0 Å². The van der Waals surface area contributed by atoms with E-state index >= 15 is 0 Å². The first-order chi connectivity index (χ1) is 8.65. The van der Waals surface area contributed by atoms with E-state index < -0.39 is 50.0 Å². The molecule has 1 N–H and O–H groups in total. The summed E-state index contributed by atoms with van der Waals surface area (Å²) in [4.78, 5) is 32.9. The molecule has 19 heavy (non-hydrogen) atoms. The van der Waals surface area contributed by atoms with E-state index in [1.54, 1.807) is 0 Å². The molecule has 1 amide bonds. The molecule has 9 heteroatoms. The molecular weight excluding hydrogens is 271 g/mol. The number of carbonyl (C=O) groups excluding carboxylic acids is 2. The van der Waals surface area contributed by atoms with E-state index in [1.165, 1.54) is 0 Å². The maximum atomic E-state index is 12.2. The van der Waals surface area contributed by atoms with Crippen molar-refractivity contribution in [2.45, 2.75) is 25.4 Å². The van der Waals surface area contributed by atoms with Crippen LogP contribution in [0.1, 0.15) is 19.3 Å². The second-order valence-corrected chi connectivity index (χ2v) is 3.65. The van der Waals surface area contributed by atoms with Gasteiger partial charge in [-0.2, -0.15) is 13.2 Å². The normalized spacial score (nSPS) is 10.9. The third-order valence-corrected chi connectivity index (χ3v) is 2.09. The lowest BCUT2D eigenvalue weighted by molar-refractivity contribution is -0.163. The number of ether oxygens (including phenoxy) is 1. The zero-order valence-corrected chi connectivity index (χ0v) is 10.2. The first kappa shape index (κ1) is 17.2. The molecule has 0 aliphatic heterocycles. The lowest BCUT2D eigenvalue weighted by Crippen LogP contribution is -2.40. The molecule has 0 saturated carbocycles. The minimum absolute atomic E-state index is 0.384. The van der Waals surface area contributed by atoms with Crippen LogP contribution in [-0.4, -0.2) is 54.2 Å². The molecule has 0 aromatic carbocycles. The van der Waals surface area contributed by atoms with Gasteiger partial charge in [-0.25, -0.2) is 0 Å². The molecule has 0 radical (unpaired) electrons. The number of carboxylic acid groups (broad SMARTS) is 1. The summed E-state index contributed by atoms with van der Waals surface area (Å²) >= 11 is 0. The molecule has 0 aromatic heterocycles. The third-order valence-electron chi connectivity index (χ3n) is 2.09. The Hall–Kier alpha value is -1.80. The van der Waals surface area contributed by atoms with Crippen molar-refractivity contribution in [2.75, 3.05) is 20.2 Å². The van der Waals surface area contributed by atoms with Crippen LogP contribution in [0.5, 0.6) is 0 Å². The Morgan fingerprint density at radius 3 is 2.16 bits per heavy atom. The topological polar surface area (TPSA) is 83.9 Å². The molecule has 0 unspecified atom stereocenters. The van der Waals surface area contributed by atoms with Crippen molar-refractivity contribution in [1.29, 1.82) is 0 Å². The van der Waals surface area contributed by atoms with Crippen LogP contribution in [0.25, 0.3) is 0 Å². The molecule has 0 bridgehead atoms. The Kier molecular flexibility index (Phi) is 6.87. The summed E-state index contributed by atoms with van der Waals surface area (Å²) < 4.78 is 41.0. The van der Waals surface area contributed by atoms with Crippen molar-refractivity contribution >= 4 is 17.8 Å². The lowest BCUT2D eigenvalue weighted by atomic mass is 10.2. The van der Waals surface area contributed by atoms with Crippen LogP contribution in [0.3, 0.4) is 0 Å². The second kappa shape index (κ2) is 7.59. The van der Waals surface area contributed by atoms with Gasteiger partial charge in [0.05, 0.1) is 20.0 Å². The van der Waals surface area contributed by atoms with E-state index in [2.05, 4.69) is 4.74 Å². The Morgan fingerprint density at radius 2 is 1.74 bits per heavy atom. The molecule has 0 saturated heterocycles. The van der Waals surface area contributed by atoms with Crippen LogP contribution in [0.2, 0.25) is 0 Å². The Bertz CT molecular complexity index is 343. The van der Waals surface area contributed by atoms with Gasteiger partial charge in [-0.1, -0.05) is 0 Å². The molecule has 0 aliphatic carbocycles. The fourth-order valence-corrected chi connectivity index (χ4v) is 1.21. The predicted molar refractivity (Wildman–Crippen MR) is 56.1 cm³/mol. The molecule has 0 spiro atoms. The van der Waals surface area contributed by atoms with Crippen molar-refractivity contribution in [2.24, 2.45) is 0 Å². The number of alkyl halides is 3. The number of aliphatic carboxylic acids is 1. The molecule has 0 rings (SSSR count). The van der Waals surface area contributed by atoms with Crippen LogP contribution in [0.15, 0.2) is 0 Å². The summed E-state index contributed by atoms with van der Waals surface area (Å²) in [5.41, 5.74) is 0. The highest BCUT2D eigenvalue weighted by atomic mass is 19.4. The number of hydrogen-bond donors (Lipinski definition) is 1. The van der Waals surface area contributed by atoms with Gasteiger partial charge in [-0.15, -0.1) is 0 Å². The number of amides is 1. The Balaban J connectivity index is 4.52. The third kappa shape index (κ3) is 8.86. The van der Waals surface area contributed by atoms with Crippen molar-refractivity contribution < 1.29 is 37.4 Å². The highest BCUT2D eigenvalue weighted by Gasteiger charge is 2.33. The van der Waals surface area contributed by atoms with Gasteiger partial charge < -0.3 is 14.7 Å². The van der Waals surface area contributed by atoms with E-state index in [0.29, 0.717) is 4.90 Å².